The highest BCUT2D eigenvalue weighted by Gasteiger charge is 2.34. The Labute approximate surface area is 161 Å². The van der Waals surface area contributed by atoms with Crippen molar-refractivity contribution in [2.75, 3.05) is 10.6 Å². The quantitative estimate of drug-likeness (QED) is 0.684. The Balaban J connectivity index is 2.06. The number of amides is 2. The van der Waals surface area contributed by atoms with Crippen molar-refractivity contribution in [3.8, 4) is 0 Å². The normalized spacial score (nSPS) is 13.5. The van der Waals surface area contributed by atoms with Crippen molar-refractivity contribution >= 4 is 23.2 Å². The minimum Gasteiger partial charge on any atom is -0.326 e. The van der Waals surface area contributed by atoms with Crippen LogP contribution in [-0.4, -0.2) is 17.9 Å². The molecule has 0 fully saturated rings. The van der Waals surface area contributed by atoms with Gasteiger partial charge in [0.25, 0.3) is 0 Å². The van der Waals surface area contributed by atoms with E-state index in [1.165, 1.54) is 25.1 Å². The lowest BCUT2D eigenvalue weighted by Crippen LogP contribution is -2.39. The first-order chi connectivity index (χ1) is 13.1. The largest absolute Gasteiger partial charge is 0.416 e. The molecule has 0 aliphatic carbocycles. The molecule has 2 rings (SSSR count). The van der Waals surface area contributed by atoms with Crippen LogP contribution < -0.4 is 16.0 Å². The van der Waals surface area contributed by atoms with Crippen LogP contribution in [0.5, 0.6) is 0 Å². The van der Waals surface area contributed by atoms with Gasteiger partial charge in [-0.05, 0) is 43.7 Å². The van der Waals surface area contributed by atoms with Gasteiger partial charge in [-0.15, -0.1) is 0 Å². The zero-order valence-corrected chi connectivity index (χ0v) is 15.7. The third-order valence-electron chi connectivity index (χ3n) is 4.08. The maximum Gasteiger partial charge on any atom is 0.416 e. The number of rotatable bonds is 6. The highest BCUT2D eigenvalue weighted by atomic mass is 19.4. The van der Waals surface area contributed by atoms with E-state index in [0.717, 1.165) is 6.07 Å². The standard InChI is InChI=1S/C20H22F3N3O2/c1-12(17-9-4-5-10-18(17)20(21,22)23)24-13(2)19(28)26-16-8-6-7-15(11-16)25-14(3)27/h4-13,24H,1-3H3,(H,25,27)(H,26,28). The second-order valence-electron chi connectivity index (χ2n) is 6.45. The first-order valence-corrected chi connectivity index (χ1v) is 8.68. The van der Waals surface area contributed by atoms with Crippen LogP contribution in [0, 0.1) is 0 Å². The lowest BCUT2D eigenvalue weighted by atomic mass is 10.0. The van der Waals surface area contributed by atoms with Gasteiger partial charge >= 0.3 is 6.18 Å². The number of carbonyl (C=O) groups excluding carboxylic acids is 2. The summed E-state index contributed by atoms with van der Waals surface area (Å²) in [5, 5.41) is 8.19. The number of alkyl halides is 3. The number of carbonyl (C=O) groups is 2. The summed E-state index contributed by atoms with van der Waals surface area (Å²) in [7, 11) is 0. The average molecular weight is 393 g/mol. The van der Waals surface area contributed by atoms with Crippen molar-refractivity contribution in [3.63, 3.8) is 0 Å². The van der Waals surface area contributed by atoms with Crippen LogP contribution in [0.15, 0.2) is 48.5 Å². The van der Waals surface area contributed by atoms with Gasteiger partial charge in [0.2, 0.25) is 11.8 Å². The van der Waals surface area contributed by atoms with E-state index in [9.17, 15) is 22.8 Å². The van der Waals surface area contributed by atoms with Crippen molar-refractivity contribution in [2.45, 2.75) is 39.0 Å². The molecule has 0 aliphatic heterocycles. The van der Waals surface area contributed by atoms with Crippen molar-refractivity contribution in [1.82, 2.24) is 5.32 Å². The molecule has 2 aromatic rings. The van der Waals surface area contributed by atoms with Gasteiger partial charge in [0.05, 0.1) is 11.6 Å². The van der Waals surface area contributed by atoms with E-state index in [2.05, 4.69) is 16.0 Å². The van der Waals surface area contributed by atoms with Gasteiger partial charge in [0.15, 0.2) is 0 Å². The minimum atomic E-state index is -4.47. The fourth-order valence-electron chi connectivity index (χ4n) is 2.80. The summed E-state index contributed by atoms with van der Waals surface area (Å²) < 4.78 is 39.6. The van der Waals surface area contributed by atoms with E-state index in [1.807, 2.05) is 0 Å². The Morgan fingerprint density at radius 3 is 2.14 bits per heavy atom. The molecular formula is C20H22F3N3O2. The Hall–Kier alpha value is -2.87. The summed E-state index contributed by atoms with van der Waals surface area (Å²) in [6.45, 7) is 4.52. The lowest BCUT2D eigenvalue weighted by molar-refractivity contribution is -0.138. The van der Waals surface area contributed by atoms with Crippen molar-refractivity contribution in [1.29, 1.82) is 0 Å². The lowest BCUT2D eigenvalue weighted by Gasteiger charge is -2.23. The Morgan fingerprint density at radius 1 is 0.929 bits per heavy atom. The van der Waals surface area contributed by atoms with E-state index < -0.39 is 29.7 Å². The molecular weight excluding hydrogens is 371 g/mol. The zero-order chi connectivity index (χ0) is 20.9. The molecule has 150 valence electrons. The molecule has 0 bridgehead atoms. The summed E-state index contributed by atoms with van der Waals surface area (Å²) in [6, 6.07) is 10.4. The second kappa shape index (κ2) is 8.88. The van der Waals surface area contributed by atoms with Gasteiger partial charge in [0, 0.05) is 24.3 Å². The third-order valence-corrected chi connectivity index (χ3v) is 4.08. The van der Waals surface area contributed by atoms with Crippen molar-refractivity contribution in [3.05, 3.63) is 59.7 Å². The van der Waals surface area contributed by atoms with Crippen LogP contribution in [0.3, 0.4) is 0 Å². The molecule has 0 saturated carbocycles. The number of benzene rings is 2. The number of nitrogens with one attached hydrogen (secondary N) is 3. The van der Waals surface area contributed by atoms with Crippen LogP contribution in [0.2, 0.25) is 0 Å². The molecule has 0 radical (unpaired) electrons. The van der Waals surface area contributed by atoms with Gasteiger partial charge in [0.1, 0.15) is 0 Å². The van der Waals surface area contributed by atoms with Crippen molar-refractivity contribution < 1.29 is 22.8 Å². The van der Waals surface area contributed by atoms with Gasteiger partial charge < -0.3 is 10.6 Å². The molecule has 0 saturated heterocycles. The summed E-state index contributed by atoms with van der Waals surface area (Å²) in [5.74, 6) is -0.646. The van der Waals surface area contributed by atoms with Crippen molar-refractivity contribution in [2.24, 2.45) is 0 Å². The molecule has 8 heteroatoms. The average Bonchev–Trinajstić information content (AvgIpc) is 2.60. The molecule has 0 spiro atoms. The predicted octanol–water partition coefficient (Wildman–Crippen LogP) is 4.34. The first kappa shape index (κ1) is 21.4. The summed E-state index contributed by atoms with van der Waals surface area (Å²) in [5.41, 5.74) is 0.333. The fourth-order valence-corrected chi connectivity index (χ4v) is 2.80. The summed E-state index contributed by atoms with van der Waals surface area (Å²) >= 11 is 0. The smallest absolute Gasteiger partial charge is 0.326 e. The van der Waals surface area contributed by atoms with Crippen LogP contribution in [0.4, 0.5) is 24.5 Å². The monoisotopic (exact) mass is 393 g/mol. The van der Waals surface area contributed by atoms with Gasteiger partial charge in [-0.25, -0.2) is 0 Å². The van der Waals surface area contributed by atoms with E-state index in [4.69, 9.17) is 0 Å². The van der Waals surface area contributed by atoms with Crippen LogP contribution >= 0.6 is 0 Å². The van der Waals surface area contributed by atoms with Gasteiger partial charge in [-0.1, -0.05) is 24.3 Å². The highest BCUT2D eigenvalue weighted by molar-refractivity contribution is 5.96. The highest BCUT2D eigenvalue weighted by Crippen LogP contribution is 2.34. The number of hydrogen-bond donors (Lipinski definition) is 3. The van der Waals surface area contributed by atoms with Crippen LogP contribution in [0.25, 0.3) is 0 Å². The SMILES string of the molecule is CC(=O)Nc1cccc(NC(=O)C(C)NC(C)c2ccccc2C(F)(F)F)c1. The molecule has 2 unspecified atom stereocenters. The molecule has 2 aromatic carbocycles. The third kappa shape index (κ3) is 5.82. The van der Waals surface area contributed by atoms with Crippen LogP contribution in [0.1, 0.15) is 37.9 Å². The molecule has 2 atom stereocenters. The number of hydrogen-bond acceptors (Lipinski definition) is 3. The zero-order valence-electron chi connectivity index (χ0n) is 15.7. The van der Waals surface area contributed by atoms with Gasteiger partial charge in [-0.3, -0.25) is 14.9 Å². The maximum atomic E-state index is 13.2. The number of halogens is 3. The van der Waals surface area contributed by atoms with E-state index in [-0.39, 0.29) is 11.5 Å². The van der Waals surface area contributed by atoms with E-state index in [1.54, 1.807) is 38.1 Å². The minimum absolute atomic E-state index is 0.0716. The maximum absolute atomic E-state index is 13.2. The fraction of sp³-hybridized carbons (Fsp3) is 0.300. The second-order valence-corrected chi connectivity index (χ2v) is 6.45. The number of anilines is 2. The predicted molar refractivity (Wildman–Crippen MR) is 102 cm³/mol. The summed E-state index contributed by atoms with van der Waals surface area (Å²) in [6.07, 6.45) is -4.47. The van der Waals surface area contributed by atoms with E-state index >= 15 is 0 Å². The first-order valence-electron chi connectivity index (χ1n) is 8.68. The molecule has 0 aromatic heterocycles. The Bertz CT molecular complexity index is 853. The molecule has 5 nitrogen and oxygen atoms in total. The Morgan fingerprint density at radius 2 is 1.54 bits per heavy atom. The van der Waals surface area contributed by atoms with Gasteiger partial charge in [-0.2, -0.15) is 13.2 Å². The molecule has 0 aliphatic rings. The molecule has 2 amide bonds. The Kier molecular flexibility index (Phi) is 6.80. The topological polar surface area (TPSA) is 70.2 Å². The molecule has 3 N–H and O–H groups in total. The van der Waals surface area contributed by atoms with E-state index in [0.29, 0.717) is 11.4 Å². The molecule has 0 heterocycles. The summed E-state index contributed by atoms with van der Waals surface area (Å²) in [4.78, 5) is 23.5. The molecule has 28 heavy (non-hydrogen) atoms. The van der Waals surface area contributed by atoms with Crippen LogP contribution in [-0.2, 0) is 15.8 Å².